The first-order valence-electron chi connectivity index (χ1n) is 13.4. The first-order valence-corrected chi connectivity index (χ1v) is 13.4. The monoisotopic (exact) mass is 626 g/mol. The average molecular weight is 627 g/mol. The molecule has 0 bridgehead atoms. The maximum absolute atomic E-state index is 13.8. The number of nitrogens with zero attached hydrogens (tertiary/aromatic N) is 4. The third-order valence-corrected chi connectivity index (χ3v) is 7.50. The highest BCUT2D eigenvalue weighted by atomic mass is 19.4. The highest BCUT2D eigenvalue weighted by Crippen LogP contribution is 2.39. The van der Waals surface area contributed by atoms with E-state index in [2.05, 4.69) is 16.1 Å². The molecular weight excluding hydrogens is 595 g/mol. The van der Waals surface area contributed by atoms with Crippen LogP contribution in [0.1, 0.15) is 65.6 Å². The fourth-order valence-corrected chi connectivity index (χ4v) is 5.55. The summed E-state index contributed by atoms with van der Waals surface area (Å²) in [5.74, 6) is -0.0284. The van der Waals surface area contributed by atoms with Gasteiger partial charge in [-0.15, -0.1) is 10.2 Å². The summed E-state index contributed by atoms with van der Waals surface area (Å²) in [6.45, 7) is 1.41. The van der Waals surface area contributed by atoms with Crippen molar-refractivity contribution < 1.29 is 44.6 Å². The summed E-state index contributed by atoms with van der Waals surface area (Å²) in [5.41, 5.74) is 1.58. The molecule has 2 aliphatic heterocycles. The minimum atomic E-state index is -5.08. The molecule has 2 atom stereocenters. The summed E-state index contributed by atoms with van der Waals surface area (Å²) in [5, 5.41) is 15.2. The summed E-state index contributed by atoms with van der Waals surface area (Å²) < 4.78 is 123. The summed E-state index contributed by atoms with van der Waals surface area (Å²) in [6.07, 6.45) is -12.9. The molecule has 0 aromatic heterocycles. The van der Waals surface area contributed by atoms with Crippen LogP contribution in [0.5, 0.6) is 0 Å². The number of halogens is 9. The largest absolute Gasteiger partial charge is 0.416 e. The molecule has 0 aliphatic carbocycles. The lowest BCUT2D eigenvalue weighted by Gasteiger charge is -2.34. The number of aliphatic hydroxyl groups excluding tert-OH is 1. The molecular formula is C27H31F9N6O. The van der Waals surface area contributed by atoms with Crippen LogP contribution < -0.4 is 11.0 Å². The van der Waals surface area contributed by atoms with Crippen LogP contribution in [-0.2, 0) is 31.6 Å². The van der Waals surface area contributed by atoms with Crippen molar-refractivity contribution >= 4 is 5.96 Å². The smallest absolute Gasteiger partial charge is 0.395 e. The topological polar surface area (TPSA) is 66.4 Å². The fourth-order valence-electron chi connectivity index (χ4n) is 5.55. The Kier molecular flexibility index (Phi) is 9.42. The van der Waals surface area contributed by atoms with E-state index in [-0.39, 0.29) is 42.3 Å². The van der Waals surface area contributed by atoms with Gasteiger partial charge in [0.15, 0.2) is 0 Å². The van der Waals surface area contributed by atoms with E-state index in [1.807, 2.05) is 11.8 Å². The molecule has 0 amide bonds. The first-order chi connectivity index (χ1) is 20.0. The standard InChI is InChI=1S/C27H31F9N6O/c1-3-23(42-8-4-5-21(42)15-43)22-7-6-18(25(28,29)30)11-17(22)14-41(24-37-39-40(2)38-24)13-16-9-19(26(31,32)33)12-20(10-16)27(34,35)36/h6-7,9-12,21,23,39,43H,3-5,8,13-15H2,1-2H3,(H,37,38). The van der Waals surface area contributed by atoms with Gasteiger partial charge in [-0.2, -0.15) is 39.5 Å². The van der Waals surface area contributed by atoms with Crippen molar-refractivity contribution in [2.45, 2.75) is 69.9 Å². The summed E-state index contributed by atoms with van der Waals surface area (Å²) in [6, 6.07) is 3.79. The highest BCUT2D eigenvalue weighted by molar-refractivity contribution is 5.80. The zero-order valence-electron chi connectivity index (χ0n) is 23.2. The Balaban J connectivity index is 1.80. The van der Waals surface area contributed by atoms with Crippen molar-refractivity contribution in [3.8, 4) is 0 Å². The molecule has 43 heavy (non-hydrogen) atoms. The Bertz CT molecular complexity index is 1280. The molecule has 4 rings (SSSR count). The maximum atomic E-state index is 13.8. The van der Waals surface area contributed by atoms with E-state index in [1.165, 1.54) is 23.1 Å². The lowest BCUT2D eigenvalue weighted by molar-refractivity contribution is -0.143. The normalized spacial score (nSPS) is 19.3. The van der Waals surface area contributed by atoms with Gasteiger partial charge < -0.3 is 10.0 Å². The van der Waals surface area contributed by atoms with E-state index in [4.69, 9.17) is 0 Å². The quantitative estimate of drug-likeness (QED) is 0.319. The van der Waals surface area contributed by atoms with Crippen molar-refractivity contribution in [1.29, 1.82) is 0 Å². The summed E-state index contributed by atoms with van der Waals surface area (Å²) in [4.78, 5) is 3.28. The summed E-state index contributed by atoms with van der Waals surface area (Å²) in [7, 11) is 1.49. The Morgan fingerprint density at radius 2 is 1.56 bits per heavy atom. The van der Waals surface area contributed by atoms with Crippen molar-refractivity contribution in [3.63, 3.8) is 0 Å². The second-order valence-corrected chi connectivity index (χ2v) is 10.5. The number of guanidine groups is 1. The molecule has 0 spiro atoms. The number of alkyl halides is 9. The molecule has 0 radical (unpaired) electrons. The number of benzene rings is 2. The lowest BCUT2D eigenvalue weighted by Crippen LogP contribution is -2.44. The third kappa shape index (κ3) is 7.65. The van der Waals surface area contributed by atoms with Gasteiger partial charge in [0.25, 0.3) is 0 Å². The van der Waals surface area contributed by atoms with E-state index in [0.717, 1.165) is 18.6 Å². The van der Waals surface area contributed by atoms with Crippen LogP contribution in [0.2, 0.25) is 0 Å². The van der Waals surface area contributed by atoms with E-state index in [9.17, 15) is 44.6 Å². The van der Waals surface area contributed by atoms with Crippen LogP contribution in [0.25, 0.3) is 0 Å². The third-order valence-electron chi connectivity index (χ3n) is 7.50. The van der Waals surface area contributed by atoms with E-state index >= 15 is 0 Å². The van der Waals surface area contributed by atoms with E-state index in [1.54, 1.807) is 0 Å². The molecule has 2 aliphatic rings. The number of likely N-dealkylation sites (tertiary alicyclic amines) is 1. The number of hydrogen-bond donors (Lipinski definition) is 3. The van der Waals surface area contributed by atoms with E-state index in [0.29, 0.717) is 37.1 Å². The molecule has 1 saturated heterocycles. The minimum absolute atomic E-state index is 0.0128. The van der Waals surface area contributed by atoms with Crippen molar-refractivity contribution in [1.82, 2.24) is 25.9 Å². The Labute approximate surface area is 241 Å². The van der Waals surface area contributed by atoms with Gasteiger partial charge in [0.2, 0.25) is 5.96 Å². The zero-order valence-corrected chi connectivity index (χ0v) is 23.2. The number of hydrogen-bond acceptors (Lipinski definition) is 7. The van der Waals surface area contributed by atoms with Gasteiger partial charge in [-0.25, -0.2) is 5.53 Å². The van der Waals surface area contributed by atoms with Crippen molar-refractivity contribution in [2.75, 3.05) is 20.2 Å². The van der Waals surface area contributed by atoms with Crippen LogP contribution in [-0.4, -0.2) is 52.2 Å². The van der Waals surface area contributed by atoms with Crippen LogP contribution in [0, 0.1) is 0 Å². The predicted octanol–water partition coefficient (Wildman–Crippen LogP) is 5.88. The second-order valence-electron chi connectivity index (χ2n) is 10.5. The predicted molar refractivity (Wildman–Crippen MR) is 138 cm³/mol. The number of hydrazone groups is 1. The van der Waals surface area contributed by atoms with Gasteiger partial charge in [0, 0.05) is 32.2 Å². The molecule has 1 fully saturated rings. The van der Waals surface area contributed by atoms with Crippen LogP contribution in [0.15, 0.2) is 41.5 Å². The molecule has 2 unspecified atom stereocenters. The SMILES string of the molecule is CCC(c1ccc(C(F)(F)F)cc1CN(Cc1cc(C(F)(F)F)cc(C(F)(F)F)c1)C1=NNN(C)N1)N1CCCC1CO. The molecule has 3 N–H and O–H groups in total. The number of rotatable bonds is 8. The average Bonchev–Trinajstić information content (AvgIpc) is 3.56. The maximum Gasteiger partial charge on any atom is 0.416 e. The molecule has 16 heteroatoms. The van der Waals surface area contributed by atoms with Crippen molar-refractivity contribution in [2.24, 2.45) is 5.10 Å². The molecule has 7 nitrogen and oxygen atoms in total. The van der Waals surface area contributed by atoms with Crippen LogP contribution in [0.3, 0.4) is 0 Å². The van der Waals surface area contributed by atoms with Gasteiger partial charge in [-0.1, -0.05) is 13.0 Å². The molecule has 2 aromatic rings. The summed E-state index contributed by atoms with van der Waals surface area (Å²) >= 11 is 0. The Morgan fingerprint density at radius 3 is 2.07 bits per heavy atom. The molecule has 2 aromatic carbocycles. The van der Waals surface area contributed by atoms with Gasteiger partial charge in [0.05, 0.1) is 23.3 Å². The molecule has 0 saturated carbocycles. The zero-order chi connectivity index (χ0) is 31.7. The minimum Gasteiger partial charge on any atom is -0.395 e. The number of aliphatic hydroxyl groups is 1. The fraction of sp³-hybridized carbons (Fsp3) is 0.519. The van der Waals surface area contributed by atoms with Gasteiger partial charge >= 0.3 is 18.5 Å². The van der Waals surface area contributed by atoms with Gasteiger partial charge in [0.1, 0.15) is 0 Å². The molecule has 2 heterocycles. The number of hydrazine groups is 2. The highest BCUT2D eigenvalue weighted by Gasteiger charge is 2.38. The van der Waals surface area contributed by atoms with Gasteiger partial charge in [-0.3, -0.25) is 10.3 Å². The molecule has 238 valence electrons. The Hall–Kier alpha value is -3.24. The van der Waals surface area contributed by atoms with E-state index < -0.39 is 47.8 Å². The van der Waals surface area contributed by atoms with Gasteiger partial charge in [-0.05, 0) is 72.8 Å². The first kappa shape index (κ1) is 32.7. The number of nitrogens with one attached hydrogen (secondary N) is 2. The van der Waals surface area contributed by atoms with Crippen LogP contribution >= 0.6 is 0 Å². The van der Waals surface area contributed by atoms with Crippen molar-refractivity contribution in [3.05, 3.63) is 69.8 Å². The lowest BCUT2D eigenvalue weighted by atomic mass is 9.93. The second kappa shape index (κ2) is 12.4. The Morgan fingerprint density at radius 1 is 0.930 bits per heavy atom. The van der Waals surface area contributed by atoms with Crippen LogP contribution in [0.4, 0.5) is 39.5 Å².